The number of pyridine rings is 1. The average Bonchev–Trinajstić information content (AvgIpc) is 2.51. The van der Waals surface area contributed by atoms with Crippen molar-refractivity contribution in [1.29, 1.82) is 5.26 Å². The molecule has 0 fully saturated rings. The number of anilines is 4. The SMILES string of the molecule is CNCCNc1cc(Nc2cnc(C#N)cn2)ncc1N. The second-order valence-corrected chi connectivity index (χ2v) is 4.21. The Hall–Kier alpha value is -2.92. The van der Waals surface area contributed by atoms with E-state index in [9.17, 15) is 0 Å². The van der Waals surface area contributed by atoms with E-state index in [0.29, 0.717) is 17.3 Å². The Labute approximate surface area is 122 Å². The van der Waals surface area contributed by atoms with Gasteiger partial charge in [-0.25, -0.2) is 15.0 Å². The molecule has 8 nitrogen and oxygen atoms in total. The molecule has 0 unspecified atom stereocenters. The number of nitrogens with zero attached hydrogens (tertiary/aromatic N) is 4. The van der Waals surface area contributed by atoms with Crippen LogP contribution in [0.4, 0.5) is 23.0 Å². The van der Waals surface area contributed by atoms with Gasteiger partial charge in [-0.2, -0.15) is 5.26 Å². The molecule has 0 aliphatic heterocycles. The van der Waals surface area contributed by atoms with Crippen molar-refractivity contribution < 1.29 is 0 Å². The monoisotopic (exact) mass is 284 g/mol. The maximum Gasteiger partial charge on any atom is 0.158 e. The highest BCUT2D eigenvalue weighted by molar-refractivity contribution is 5.70. The Morgan fingerprint density at radius 3 is 2.62 bits per heavy atom. The normalized spacial score (nSPS) is 9.90. The standard InChI is InChI=1S/C13H16N8/c1-16-2-3-17-11-4-12(20-7-10(11)15)21-13-8-18-9(5-14)6-19-13/h4,6-8,16H,2-3,15H2,1H3,(H2,17,19,20,21). The molecule has 0 aliphatic rings. The molecule has 0 saturated heterocycles. The van der Waals surface area contributed by atoms with Gasteiger partial charge in [0.05, 0.1) is 30.0 Å². The lowest BCUT2D eigenvalue weighted by Gasteiger charge is -2.11. The minimum atomic E-state index is 0.264. The summed E-state index contributed by atoms with van der Waals surface area (Å²) in [7, 11) is 1.88. The van der Waals surface area contributed by atoms with Gasteiger partial charge in [0.15, 0.2) is 5.69 Å². The van der Waals surface area contributed by atoms with Crippen LogP contribution in [-0.2, 0) is 0 Å². The lowest BCUT2D eigenvalue weighted by molar-refractivity contribution is 0.824. The van der Waals surface area contributed by atoms with Crippen molar-refractivity contribution in [3.63, 3.8) is 0 Å². The molecule has 0 aliphatic carbocycles. The predicted molar refractivity (Wildman–Crippen MR) is 81.1 cm³/mol. The molecule has 8 heteroatoms. The fourth-order valence-corrected chi connectivity index (χ4v) is 1.59. The summed E-state index contributed by atoms with van der Waals surface area (Å²) in [5.74, 6) is 1.10. The molecular weight excluding hydrogens is 268 g/mol. The van der Waals surface area contributed by atoms with Gasteiger partial charge >= 0.3 is 0 Å². The van der Waals surface area contributed by atoms with Crippen LogP contribution in [-0.4, -0.2) is 35.1 Å². The Bertz CT molecular complexity index is 632. The van der Waals surface area contributed by atoms with Crippen molar-refractivity contribution in [2.45, 2.75) is 0 Å². The molecule has 0 atom stereocenters. The number of nitriles is 1. The van der Waals surface area contributed by atoms with Crippen LogP contribution in [0, 0.1) is 11.3 Å². The molecule has 2 rings (SSSR count). The van der Waals surface area contributed by atoms with Crippen LogP contribution in [0.25, 0.3) is 0 Å². The van der Waals surface area contributed by atoms with E-state index >= 15 is 0 Å². The number of nitrogen functional groups attached to an aromatic ring is 1. The van der Waals surface area contributed by atoms with E-state index in [1.807, 2.05) is 13.1 Å². The first-order chi connectivity index (χ1) is 10.2. The molecule has 0 amide bonds. The number of nitrogens with one attached hydrogen (secondary N) is 3. The van der Waals surface area contributed by atoms with Crippen molar-refractivity contribution in [1.82, 2.24) is 20.3 Å². The summed E-state index contributed by atoms with van der Waals surface area (Å²) in [5, 5.41) is 17.9. The van der Waals surface area contributed by atoms with Crippen molar-refractivity contribution in [3.05, 3.63) is 30.4 Å². The fraction of sp³-hybridized carbons (Fsp3) is 0.231. The lowest BCUT2D eigenvalue weighted by atomic mass is 10.3. The Morgan fingerprint density at radius 2 is 1.95 bits per heavy atom. The van der Waals surface area contributed by atoms with Crippen LogP contribution in [0.15, 0.2) is 24.7 Å². The molecule has 2 aromatic rings. The van der Waals surface area contributed by atoms with Crippen LogP contribution < -0.4 is 21.7 Å². The predicted octanol–water partition coefficient (Wildman–Crippen LogP) is 0.700. The van der Waals surface area contributed by atoms with Crippen LogP contribution in [0.5, 0.6) is 0 Å². The maximum absolute atomic E-state index is 8.68. The van der Waals surface area contributed by atoms with Crippen molar-refractivity contribution in [2.24, 2.45) is 0 Å². The molecule has 0 bridgehead atoms. The third-order valence-electron chi connectivity index (χ3n) is 2.65. The van der Waals surface area contributed by atoms with Gasteiger partial charge in [-0.1, -0.05) is 0 Å². The van der Waals surface area contributed by atoms with E-state index in [2.05, 4.69) is 30.9 Å². The smallest absolute Gasteiger partial charge is 0.158 e. The molecule has 0 radical (unpaired) electrons. The summed E-state index contributed by atoms with van der Waals surface area (Å²) in [6.45, 7) is 1.58. The van der Waals surface area contributed by atoms with Crippen molar-refractivity contribution in [2.75, 3.05) is 36.5 Å². The summed E-state index contributed by atoms with van der Waals surface area (Å²) >= 11 is 0. The van der Waals surface area contributed by atoms with E-state index in [1.165, 1.54) is 12.4 Å². The molecule has 0 saturated carbocycles. The number of likely N-dealkylation sites (N-methyl/N-ethyl adjacent to an activating group) is 1. The second kappa shape index (κ2) is 7.02. The third kappa shape index (κ3) is 4.02. The second-order valence-electron chi connectivity index (χ2n) is 4.21. The van der Waals surface area contributed by atoms with Crippen LogP contribution in [0.3, 0.4) is 0 Å². The van der Waals surface area contributed by atoms with Crippen LogP contribution in [0.1, 0.15) is 5.69 Å². The summed E-state index contributed by atoms with van der Waals surface area (Å²) in [5.41, 5.74) is 7.50. The van der Waals surface area contributed by atoms with Gasteiger partial charge in [-0.3, -0.25) is 0 Å². The minimum Gasteiger partial charge on any atom is -0.396 e. The van der Waals surface area contributed by atoms with E-state index in [4.69, 9.17) is 11.0 Å². The topological polar surface area (TPSA) is 125 Å². The Kier molecular flexibility index (Phi) is 4.84. The van der Waals surface area contributed by atoms with Gasteiger partial charge < -0.3 is 21.7 Å². The molecule has 5 N–H and O–H groups in total. The molecular formula is C13H16N8. The fourth-order valence-electron chi connectivity index (χ4n) is 1.59. The summed E-state index contributed by atoms with van der Waals surface area (Å²) in [6, 6.07) is 3.71. The summed E-state index contributed by atoms with van der Waals surface area (Å²) < 4.78 is 0. The third-order valence-corrected chi connectivity index (χ3v) is 2.65. The number of aromatic nitrogens is 3. The molecule has 2 heterocycles. The Balaban J connectivity index is 2.09. The molecule has 21 heavy (non-hydrogen) atoms. The number of hydrogen-bond donors (Lipinski definition) is 4. The Morgan fingerprint density at radius 1 is 1.14 bits per heavy atom. The van der Waals surface area contributed by atoms with Crippen LogP contribution in [0.2, 0.25) is 0 Å². The van der Waals surface area contributed by atoms with E-state index < -0.39 is 0 Å². The van der Waals surface area contributed by atoms with Gasteiger partial charge in [0.1, 0.15) is 17.7 Å². The lowest BCUT2D eigenvalue weighted by Crippen LogP contribution is -2.18. The molecule has 2 aromatic heterocycles. The molecule has 0 spiro atoms. The van der Waals surface area contributed by atoms with Crippen molar-refractivity contribution in [3.8, 4) is 6.07 Å². The zero-order chi connectivity index (χ0) is 15.1. The first-order valence-electron chi connectivity index (χ1n) is 6.36. The van der Waals surface area contributed by atoms with Gasteiger partial charge in [0.2, 0.25) is 0 Å². The van der Waals surface area contributed by atoms with Crippen LogP contribution >= 0.6 is 0 Å². The van der Waals surface area contributed by atoms with Crippen molar-refractivity contribution >= 4 is 23.0 Å². The van der Waals surface area contributed by atoms with E-state index in [-0.39, 0.29) is 5.69 Å². The summed E-state index contributed by atoms with van der Waals surface area (Å²) in [4.78, 5) is 12.2. The highest BCUT2D eigenvalue weighted by atomic mass is 15.1. The first kappa shape index (κ1) is 14.5. The highest BCUT2D eigenvalue weighted by Gasteiger charge is 2.04. The molecule has 108 valence electrons. The zero-order valence-corrected chi connectivity index (χ0v) is 11.6. The van der Waals surface area contributed by atoms with Gasteiger partial charge in [0, 0.05) is 19.2 Å². The number of nitrogens with two attached hydrogens (primary N) is 1. The summed E-state index contributed by atoms with van der Waals surface area (Å²) in [6.07, 6.45) is 4.44. The first-order valence-corrected chi connectivity index (χ1v) is 6.36. The van der Waals surface area contributed by atoms with Gasteiger partial charge in [-0.15, -0.1) is 0 Å². The zero-order valence-electron chi connectivity index (χ0n) is 11.6. The van der Waals surface area contributed by atoms with Gasteiger partial charge in [0.25, 0.3) is 0 Å². The number of hydrogen-bond acceptors (Lipinski definition) is 8. The van der Waals surface area contributed by atoms with E-state index in [0.717, 1.165) is 18.8 Å². The largest absolute Gasteiger partial charge is 0.396 e. The maximum atomic E-state index is 8.68. The minimum absolute atomic E-state index is 0.264. The highest BCUT2D eigenvalue weighted by Crippen LogP contribution is 2.21. The van der Waals surface area contributed by atoms with Gasteiger partial charge in [-0.05, 0) is 7.05 Å². The average molecular weight is 284 g/mol. The van der Waals surface area contributed by atoms with E-state index in [1.54, 1.807) is 12.3 Å². The number of rotatable bonds is 6. The molecule has 0 aromatic carbocycles. The quantitative estimate of drug-likeness (QED) is 0.571.